The van der Waals surface area contributed by atoms with Crippen LogP contribution in [0, 0.1) is 11.8 Å². The molecule has 0 unspecified atom stereocenters. The number of hydrogen-bond donors (Lipinski definition) is 2. The Bertz CT molecular complexity index is 222. The Hall–Kier alpha value is -1.32. The van der Waals surface area contributed by atoms with Crippen LogP contribution < -0.4 is 11.1 Å². The summed E-state index contributed by atoms with van der Waals surface area (Å²) in [4.78, 5) is 21.7. The molecule has 3 amide bonds. The van der Waals surface area contributed by atoms with Crippen LogP contribution in [-0.2, 0) is 4.79 Å². The summed E-state index contributed by atoms with van der Waals surface area (Å²) in [6.07, 6.45) is 3.54. The number of rotatable bonds is 3. The number of primary amides is 1. The van der Waals surface area contributed by atoms with Gasteiger partial charge in [-0.25, -0.2) is 4.79 Å². The molecule has 0 saturated carbocycles. The van der Waals surface area contributed by atoms with Crippen LogP contribution in [0.3, 0.4) is 0 Å². The number of carbonyl (C=O) groups is 2. The molecule has 74 valence electrons. The van der Waals surface area contributed by atoms with E-state index in [4.69, 9.17) is 5.73 Å². The third-order valence-electron chi connectivity index (χ3n) is 1.67. The summed E-state index contributed by atoms with van der Waals surface area (Å²) in [6.45, 7) is 5.64. The van der Waals surface area contributed by atoms with Crippen LogP contribution in [0.4, 0.5) is 4.79 Å². The molecule has 1 atom stereocenters. The van der Waals surface area contributed by atoms with E-state index in [2.05, 4.69) is 5.32 Å². The SMILES string of the molecule is C/C=C/[C@H](C(=O)NC(N)=O)C(C)C. The van der Waals surface area contributed by atoms with Crippen molar-refractivity contribution in [2.45, 2.75) is 20.8 Å². The Morgan fingerprint density at radius 2 is 1.92 bits per heavy atom. The van der Waals surface area contributed by atoms with Crippen LogP contribution in [0.15, 0.2) is 12.2 Å². The maximum atomic E-state index is 11.3. The Morgan fingerprint density at radius 3 is 2.23 bits per heavy atom. The first kappa shape index (κ1) is 11.7. The van der Waals surface area contributed by atoms with Crippen molar-refractivity contribution >= 4 is 11.9 Å². The fraction of sp³-hybridized carbons (Fsp3) is 0.556. The van der Waals surface area contributed by atoms with Gasteiger partial charge in [0.05, 0.1) is 5.92 Å². The molecule has 4 heteroatoms. The number of nitrogens with one attached hydrogen (secondary N) is 1. The van der Waals surface area contributed by atoms with Crippen LogP contribution in [0.2, 0.25) is 0 Å². The second kappa shape index (κ2) is 5.35. The van der Waals surface area contributed by atoms with Crippen molar-refractivity contribution in [3.05, 3.63) is 12.2 Å². The summed E-state index contributed by atoms with van der Waals surface area (Å²) in [5.74, 6) is -0.492. The number of imide groups is 1. The Kier molecular flexibility index (Phi) is 4.80. The topological polar surface area (TPSA) is 72.2 Å². The van der Waals surface area contributed by atoms with Gasteiger partial charge in [-0.2, -0.15) is 0 Å². The lowest BCUT2D eigenvalue weighted by Crippen LogP contribution is -2.40. The van der Waals surface area contributed by atoms with Crippen molar-refractivity contribution < 1.29 is 9.59 Å². The maximum absolute atomic E-state index is 11.3. The molecule has 0 fully saturated rings. The van der Waals surface area contributed by atoms with Crippen LogP contribution in [0.25, 0.3) is 0 Å². The van der Waals surface area contributed by atoms with Gasteiger partial charge in [-0.1, -0.05) is 26.0 Å². The molecule has 0 aromatic heterocycles. The van der Waals surface area contributed by atoms with E-state index in [1.54, 1.807) is 12.2 Å². The van der Waals surface area contributed by atoms with Gasteiger partial charge in [0.15, 0.2) is 0 Å². The van der Waals surface area contributed by atoms with E-state index in [0.717, 1.165) is 0 Å². The number of amides is 3. The first-order valence-corrected chi connectivity index (χ1v) is 4.22. The average molecular weight is 184 g/mol. The molecule has 0 aliphatic carbocycles. The minimum absolute atomic E-state index is 0.149. The zero-order valence-electron chi connectivity index (χ0n) is 8.20. The summed E-state index contributed by atoms with van der Waals surface area (Å²) < 4.78 is 0. The van der Waals surface area contributed by atoms with Gasteiger partial charge in [-0.05, 0) is 12.8 Å². The van der Waals surface area contributed by atoms with Gasteiger partial charge < -0.3 is 5.73 Å². The first-order valence-electron chi connectivity index (χ1n) is 4.22. The maximum Gasteiger partial charge on any atom is 0.318 e. The molecule has 0 radical (unpaired) electrons. The summed E-state index contributed by atoms with van der Waals surface area (Å²) >= 11 is 0. The monoisotopic (exact) mass is 184 g/mol. The predicted octanol–water partition coefficient (Wildman–Crippen LogP) is 1.03. The van der Waals surface area contributed by atoms with Crippen LogP contribution in [0.5, 0.6) is 0 Å². The molecule has 0 spiro atoms. The highest BCUT2D eigenvalue weighted by Crippen LogP contribution is 2.12. The standard InChI is InChI=1S/C9H16N2O2/c1-4-5-7(6(2)3)8(12)11-9(10)13/h4-7H,1-3H3,(H3,10,11,12,13)/b5-4+/t7-/m0/s1. The fourth-order valence-electron chi connectivity index (χ4n) is 1.02. The minimum atomic E-state index is -0.805. The Labute approximate surface area is 78.2 Å². The third kappa shape index (κ3) is 4.30. The highest BCUT2D eigenvalue weighted by Gasteiger charge is 2.19. The molecule has 0 aromatic carbocycles. The predicted molar refractivity (Wildman–Crippen MR) is 50.9 cm³/mol. The third-order valence-corrected chi connectivity index (χ3v) is 1.67. The molecule has 4 nitrogen and oxygen atoms in total. The molecule has 13 heavy (non-hydrogen) atoms. The van der Waals surface area contributed by atoms with E-state index in [0.29, 0.717) is 0 Å². The summed E-state index contributed by atoms with van der Waals surface area (Å²) in [7, 11) is 0. The molecular formula is C9H16N2O2. The van der Waals surface area contributed by atoms with Gasteiger partial charge in [0.2, 0.25) is 5.91 Å². The van der Waals surface area contributed by atoms with E-state index in [1.807, 2.05) is 20.8 Å². The van der Waals surface area contributed by atoms with E-state index < -0.39 is 6.03 Å². The van der Waals surface area contributed by atoms with Gasteiger partial charge >= 0.3 is 6.03 Å². The number of hydrogen-bond acceptors (Lipinski definition) is 2. The zero-order valence-corrected chi connectivity index (χ0v) is 8.20. The molecule has 0 aliphatic heterocycles. The second-order valence-electron chi connectivity index (χ2n) is 3.15. The van der Waals surface area contributed by atoms with Crippen molar-refractivity contribution in [1.82, 2.24) is 5.32 Å². The summed E-state index contributed by atoms with van der Waals surface area (Å²) in [6, 6.07) is -0.805. The average Bonchev–Trinajstić information content (AvgIpc) is 1.97. The van der Waals surface area contributed by atoms with E-state index >= 15 is 0 Å². The lowest BCUT2D eigenvalue weighted by Gasteiger charge is -2.14. The fourth-order valence-corrected chi connectivity index (χ4v) is 1.02. The first-order chi connectivity index (χ1) is 5.99. The summed E-state index contributed by atoms with van der Waals surface area (Å²) in [5.41, 5.74) is 4.83. The molecule has 0 heterocycles. The molecule has 0 bridgehead atoms. The Balaban J connectivity index is 4.37. The van der Waals surface area contributed by atoms with Gasteiger partial charge in [0, 0.05) is 0 Å². The smallest absolute Gasteiger partial charge is 0.318 e. The molecule has 0 saturated heterocycles. The van der Waals surface area contributed by atoms with Gasteiger partial charge in [0.1, 0.15) is 0 Å². The van der Waals surface area contributed by atoms with Crippen LogP contribution >= 0.6 is 0 Å². The number of urea groups is 1. The second-order valence-corrected chi connectivity index (χ2v) is 3.15. The molecule has 0 aliphatic rings. The number of allylic oxidation sites excluding steroid dienone is 1. The van der Waals surface area contributed by atoms with Gasteiger partial charge in [-0.15, -0.1) is 0 Å². The molecule has 0 rings (SSSR count). The quantitative estimate of drug-likeness (QED) is 0.643. The van der Waals surface area contributed by atoms with Crippen molar-refractivity contribution in [3.8, 4) is 0 Å². The minimum Gasteiger partial charge on any atom is -0.351 e. The number of carbonyl (C=O) groups excluding carboxylic acids is 2. The van der Waals surface area contributed by atoms with Crippen molar-refractivity contribution in [2.75, 3.05) is 0 Å². The largest absolute Gasteiger partial charge is 0.351 e. The molecule has 0 aromatic rings. The van der Waals surface area contributed by atoms with Crippen molar-refractivity contribution in [2.24, 2.45) is 17.6 Å². The Morgan fingerprint density at radius 1 is 1.38 bits per heavy atom. The molecule has 3 N–H and O–H groups in total. The van der Waals surface area contributed by atoms with E-state index in [9.17, 15) is 9.59 Å². The summed E-state index contributed by atoms with van der Waals surface area (Å²) in [5, 5.41) is 2.06. The number of nitrogens with two attached hydrogens (primary N) is 1. The van der Waals surface area contributed by atoms with E-state index in [-0.39, 0.29) is 17.7 Å². The highest BCUT2D eigenvalue weighted by atomic mass is 16.2. The lowest BCUT2D eigenvalue weighted by atomic mass is 9.94. The highest BCUT2D eigenvalue weighted by molar-refractivity contribution is 5.95. The van der Waals surface area contributed by atoms with E-state index in [1.165, 1.54) is 0 Å². The normalized spacial score (nSPS) is 13.2. The van der Waals surface area contributed by atoms with Crippen molar-refractivity contribution in [1.29, 1.82) is 0 Å². The lowest BCUT2D eigenvalue weighted by molar-refractivity contribution is -0.123. The van der Waals surface area contributed by atoms with Crippen LogP contribution in [-0.4, -0.2) is 11.9 Å². The van der Waals surface area contributed by atoms with Crippen molar-refractivity contribution in [3.63, 3.8) is 0 Å². The van der Waals surface area contributed by atoms with Gasteiger partial charge in [0.25, 0.3) is 0 Å². The van der Waals surface area contributed by atoms with Crippen LogP contribution in [0.1, 0.15) is 20.8 Å². The molecular weight excluding hydrogens is 168 g/mol. The van der Waals surface area contributed by atoms with Gasteiger partial charge in [-0.3, -0.25) is 10.1 Å². The zero-order chi connectivity index (χ0) is 10.4.